The lowest BCUT2D eigenvalue weighted by Crippen LogP contribution is -2.47. The first-order valence-corrected chi connectivity index (χ1v) is 8.51. The molecule has 0 unspecified atom stereocenters. The predicted molar refractivity (Wildman–Crippen MR) is 98.5 cm³/mol. The molecular weight excluding hydrogens is 322 g/mol. The molecule has 0 heterocycles. The number of halogens is 1. The molecule has 0 fully saturated rings. The third kappa shape index (κ3) is 4.75. The van der Waals surface area contributed by atoms with E-state index in [1.165, 1.54) is 5.56 Å². The van der Waals surface area contributed by atoms with E-state index >= 15 is 0 Å². The standard InChI is InChI=1S/C20H24ClNO2/c1-5-18(15-8-6-14(2)7-9-15)22-19(23)20(3,4)24-17-12-10-16(21)11-13-17/h6-13,18H,5H2,1-4H3,(H,22,23)/t18-/m0/s1. The highest BCUT2D eigenvalue weighted by molar-refractivity contribution is 6.30. The van der Waals surface area contributed by atoms with E-state index in [9.17, 15) is 4.79 Å². The molecule has 0 radical (unpaired) electrons. The molecule has 1 amide bonds. The molecule has 2 aromatic carbocycles. The summed E-state index contributed by atoms with van der Waals surface area (Å²) in [6, 6.07) is 15.2. The fraction of sp³-hybridized carbons (Fsp3) is 0.350. The number of benzene rings is 2. The van der Waals surface area contributed by atoms with E-state index < -0.39 is 5.60 Å². The van der Waals surface area contributed by atoms with Crippen molar-refractivity contribution >= 4 is 17.5 Å². The summed E-state index contributed by atoms with van der Waals surface area (Å²) < 4.78 is 5.85. The Labute approximate surface area is 149 Å². The minimum atomic E-state index is -0.980. The summed E-state index contributed by atoms with van der Waals surface area (Å²) in [5, 5.41) is 3.72. The van der Waals surface area contributed by atoms with Crippen molar-refractivity contribution in [2.45, 2.75) is 45.8 Å². The lowest BCUT2D eigenvalue weighted by molar-refractivity contribution is -0.135. The van der Waals surface area contributed by atoms with Crippen LogP contribution in [0.3, 0.4) is 0 Å². The van der Waals surface area contributed by atoms with Crippen LogP contribution in [-0.2, 0) is 4.79 Å². The molecule has 1 atom stereocenters. The number of amides is 1. The molecule has 1 N–H and O–H groups in total. The minimum absolute atomic E-state index is 0.0359. The molecule has 0 saturated carbocycles. The van der Waals surface area contributed by atoms with Gasteiger partial charge in [0.15, 0.2) is 5.60 Å². The smallest absolute Gasteiger partial charge is 0.264 e. The quantitative estimate of drug-likeness (QED) is 0.793. The van der Waals surface area contributed by atoms with Gasteiger partial charge in [0.1, 0.15) is 5.75 Å². The van der Waals surface area contributed by atoms with Gasteiger partial charge in [0.2, 0.25) is 0 Å². The van der Waals surface area contributed by atoms with Crippen molar-refractivity contribution in [2.24, 2.45) is 0 Å². The Morgan fingerprint density at radius 1 is 1.12 bits per heavy atom. The molecule has 0 bridgehead atoms. The highest BCUT2D eigenvalue weighted by Crippen LogP contribution is 2.23. The number of nitrogens with one attached hydrogen (secondary N) is 1. The van der Waals surface area contributed by atoms with Crippen LogP contribution in [0.15, 0.2) is 48.5 Å². The van der Waals surface area contributed by atoms with Crippen LogP contribution < -0.4 is 10.1 Å². The van der Waals surface area contributed by atoms with Gasteiger partial charge in [-0.2, -0.15) is 0 Å². The number of carbonyl (C=O) groups excluding carboxylic acids is 1. The highest BCUT2D eigenvalue weighted by atomic mass is 35.5. The molecule has 24 heavy (non-hydrogen) atoms. The van der Waals surface area contributed by atoms with Crippen LogP contribution >= 0.6 is 11.6 Å². The normalized spacial score (nSPS) is 12.5. The molecule has 0 saturated heterocycles. The van der Waals surface area contributed by atoms with Crippen LogP contribution in [0.4, 0.5) is 0 Å². The molecule has 0 aliphatic rings. The largest absolute Gasteiger partial charge is 0.478 e. The molecule has 2 rings (SSSR count). The Kier molecular flexibility index (Phi) is 5.89. The van der Waals surface area contributed by atoms with Crippen LogP contribution in [-0.4, -0.2) is 11.5 Å². The zero-order chi connectivity index (χ0) is 17.7. The molecule has 3 nitrogen and oxygen atoms in total. The van der Waals surface area contributed by atoms with Crippen LogP contribution in [0.25, 0.3) is 0 Å². The third-order valence-electron chi connectivity index (χ3n) is 3.93. The van der Waals surface area contributed by atoms with E-state index in [2.05, 4.69) is 36.5 Å². The van der Waals surface area contributed by atoms with Crippen molar-refractivity contribution in [1.82, 2.24) is 5.32 Å². The monoisotopic (exact) mass is 345 g/mol. The number of aryl methyl sites for hydroxylation is 1. The Bertz CT molecular complexity index is 678. The predicted octanol–water partition coefficient (Wildman–Crippen LogP) is 5.07. The topological polar surface area (TPSA) is 38.3 Å². The maximum Gasteiger partial charge on any atom is 0.264 e. The van der Waals surface area contributed by atoms with Gasteiger partial charge in [-0.3, -0.25) is 4.79 Å². The van der Waals surface area contributed by atoms with Crippen LogP contribution in [0, 0.1) is 6.92 Å². The fourth-order valence-electron chi connectivity index (χ4n) is 2.40. The minimum Gasteiger partial charge on any atom is -0.478 e. The van der Waals surface area contributed by atoms with Gasteiger partial charge >= 0.3 is 0 Å². The maximum absolute atomic E-state index is 12.7. The SMILES string of the molecule is CC[C@H](NC(=O)C(C)(C)Oc1ccc(Cl)cc1)c1ccc(C)cc1. The lowest BCUT2D eigenvalue weighted by Gasteiger charge is -2.28. The lowest BCUT2D eigenvalue weighted by atomic mass is 10.0. The Morgan fingerprint density at radius 2 is 1.71 bits per heavy atom. The van der Waals surface area contributed by atoms with Crippen molar-refractivity contribution < 1.29 is 9.53 Å². The summed E-state index contributed by atoms with van der Waals surface area (Å²) in [6.45, 7) is 7.63. The second kappa shape index (κ2) is 7.71. The number of rotatable bonds is 6. The zero-order valence-corrected chi connectivity index (χ0v) is 15.4. The first-order valence-electron chi connectivity index (χ1n) is 8.14. The molecule has 0 aliphatic carbocycles. The summed E-state index contributed by atoms with van der Waals surface area (Å²) >= 11 is 5.88. The van der Waals surface area contributed by atoms with E-state index in [1.54, 1.807) is 38.1 Å². The van der Waals surface area contributed by atoms with Crippen molar-refractivity contribution in [3.8, 4) is 5.75 Å². The third-order valence-corrected chi connectivity index (χ3v) is 4.18. The van der Waals surface area contributed by atoms with Crippen molar-refractivity contribution in [2.75, 3.05) is 0 Å². The second-order valence-electron chi connectivity index (χ2n) is 6.41. The average Bonchev–Trinajstić information content (AvgIpc) is 2.55. The molecule has 2 aromatic rings. The molecule has 0 aliphatic heterocycles. The van der Waals surface area contributed by atoms with Gasteiger partial charge in [-0.1, -0.05) is 48.4 Å². The first kappa shape index (κ1) is 18.3. The van der Waals surface area contributed by atoms with E-state index in [1.807, 2.05) is 6.92 Å². The molecule has 0 aromatic heterocycles. The summed E-state index contributed by atoms with van der Waals surface area (Å²) in [5.74, 6) is 0.466. The number of hydrogen-bond acceptors (Lipinski definition) is 2. The van der Waals surface area contributed by atoms with Gasteiger partial charge in [0.25, 0.3) is 5.91 Å². The number of carbonyl (C=O) groups is 1. The Balaban J connectivity index is 2.07. The first-order chi connectivity index (χ1) is 11.3. The van der Waals surface area contributed by atoms with E-state index in [4.69, 9.17) is 16.3 Å². The highest BCUT2D eigenvalue weighted by Gasteiger charge is 2.31. The van der Waals surface area contributed by atoms with Crippen LogP contribution in [0.2, 0.25) is 5.02 Å². The summed E-state index contributed by atoms with van der Waals surface area (Å²) in [6.07, 6.45) is 0.811. The van der Waals surface area contributed by atoms with Crippen molar-refractivity contribution in [3.63, 3.8) is 0 Å². The molecule has 128 valence electrons. The average molecular weight is 346 g/mol. The van der Waals surface area contributed by atoms with Crippen LogP contribution in [0.5, 0.6) is 5.75 Å². The van der Waals surface area contributed by atoms with Crippen molar-refractivity contribution in [3.05, 3.63) is 64.7 Å². The summed E-state index contributed by atoms with van der Waals surface area (Å²) in [7, 11) is 0. The second-order valence-corrected chi connectivity index (χ2v) is 6.85. The van der Waals surface area contributed by atoms with Gasteiger partial charge in [-0.15, -0.1) is 0 Å². The number of ether oxygens (including phenoxy) is 1. The maximum atomic E-state index is 12.7. The summed E-state index contributed by atoms with van der Waals surface area (Å²) in [4.78, 5) is 12.7. The molecule has 4 heteroatoms. The van der Waals surface area contributed by atoms with E-state index in [-0.39, 0.29) is 11.9 Å². The Morgan fingerprint density at radius 3 is 2.25 bits per heavy atom. The van der Waals surface area contributed by atoms with Gasteiger partial charge in [-0.25, -0.2) is 0 Å². The van der Waals surface area contributed by atoms with Crippen molar-refractivity contribution in [1.29, 1.82) is 0 Å². The van der Waals surface area contributed by atoms with Gasteiger partial charge in [-0.05, 0) is 57.0 Å². The van der Waals surface area contributed by atoms with Gasteiger partial charge in [0, 0.05) is 5.02 Å². The van der Waals surface area contributed by atoms with Gasteiger partial charge in [0.05, 0.1) is 6.04 Å². The van der Waals surface area contributed by atoms with E-state index in [0.717, 1.165) is 12.0 Å². The molecule has 0 spiro atoms. The zero-order valence-electron chi connectivity index (χ0n) is 14.6. The van der Waals surface area contributed by atoms with Crippen LogP contribution in [0.1, 0.15) is 44.4 Å². The van der Waals surface area contributed by atoms with E-state index in [0.29, 0.717) is 10.8 Å². The Hall–Kier alpha value is -2.00. The van der Waals surface area contributed by atoms with Gasteiger partial charge < -0.3 is 10.1 Å². The summed E-state index contributed by atoms with van der Waals surface area (Å²) in [5.41, 5.74) is 1.32. The number of hydrogen-bond donors (Lipinski definition) is 1. The molecular formula is C20H24ClNO2. The fourth-order valence-corrected chi connectivity index (χ4v) is 2.52.